The van der Waals surface area contributed by atoms with Crippen molar-refractivity contribution in [1.82, 2.24) is 4.98 Å². The Kier molecular flexibility index (Phi) is 3.94. The van der Waals surface area contributed by atoms with Gasteiger partial charge in [0.05, 0.1) is 0 Å². The van der Waals surface area contributed by atoms with Crippen LogP contribution in [0.1, 0.15) is 24.3 Å². The SMILES string of the molecule is O=S(=O)(Oc1c(F)c(F)c(F)c(F)c1F)c1ccc(C2CC2)cn1. The summed E-state index contributed by atoms with van der Waals surface area (Å²) in [7, 11) is -4.87. The highest BCUT2D eigenvalue weighted by molar-refractivity contribution is 7.87. The Morgan fingerprint density at radius 2 is 1.46 bits per heavy atom. The summed E-state index contributed by atoms with van der Waals surface area (Å²) in [6.45, 7) is 0. The van der Waals surface area contributed by atoms with Crippen molar-refractivity contribution in [2.75, 3.05) is 0 Å². The minimum absolute atomic E-state index is 0.283. The van der Waals surface area contributed by atoms with Crippen molar-refractivity contribution in [3.05, 3.63) is 53.0 Å². The monoisotopic (exact) mass is 365 g/mol. The molecule has 1 aliphatic rings. The second-order valence-corrected chi connectivity index (χ2v) is 6.63. The molecule has 0 aliphatic heterocycles. The zero-order chi connectivity index (χ0) is 17.6. The van der Waals surface area contributed by atoms with Crippen LogP contribution < -0.4 is 4.18 Å². The molecule has 24 heavy (non-hydrogen) atoms. The molecule has 1 aliphatic carbocycles. The minimum atomic E-state index is -4.87. The number of hydrogen-bond acceptors (Lipinski definition) is 4. The molecular weight excluding hydrogens is 357 g/mol. The zero-order valence-electron chi connectivity index (χ0n) is 11.7. The maximum absolute atomic E-state index is 13.5. The zero-order valence-corrected chi connectivity index (χ0v) is 12.5. The van der Waals surface area contributed by atoms with Crippen molar-refractivity contribution < 1.29 is 34.6 Å². The first-order valence-electron chi connectivity index (χ1n) is 6.64. The van der Waals surface area contributed by atoms with Crippen molar-refractivity contribution in [3.8, 4) is 5.75 Å². The predicted molar refractivity (Wildman–Crippen MR) is 70.3 cm³/mol. The first kappa shape index (κ1) is 16.6. The Bertz CT molecular complexity index is 882. The van der Waals surface area contributed by atoms with Crippen LogP contribution in [0.25, 0.3) is 0 Å². The van der Waals surface area contributed by atoms with Crippen LogP contribution >= 0.6 is 0 Å². The van der Waals surface area contributed by atoms with E-state index in [0.717, 1.165) is 24.5 Å². The van der Waals surface area contributed by atoms with Crippen molar-refractivity contribution in [2.24, 2.45) is 0 Å². The van der Waals surface area contributed by atoms with E-state index in [-0.39, 0.29) is 5.92 Å². The van der Waals surface area contributed by atoms with E-state index in [1.54, 1.807) is 0 Å². The topological polar surface area (TPSA) is 56.3 Å². The first-order chi connectivity index (χ1) is 11.2. The van der Waals surface area contributed by atoms with Gasteiger partial charge in [0, 0.05) is 6.20 Å². The standard InChI is InChI=1S/C14H8F5NO3S/c15-9-10(16)12(18)14(13(19)11(9)17)23-24(21,22)8-4-3-7(5-20-8)6-1-2-6/h3-6H,1-2H2. The van der Waals surface area contributed by atoms with E-state index in [9.17, 15) is 30.4 Å². The lowest BCUT2D eigenvalue weighted by Gasteiger charge is -2.10. The average Bonchev–Trinajstić information content (AvgIpc) is 3.40. The van der Waals surface area contributed by atoms with E-state index >= 15 is 0 Å². The molecule has 2 aromatic rings. The lowest BCUT2D eigenvalue weighted by Crippen LogP contribution is -2.15. The maximum Gasteiger partial charge on any atom is 0.357 e. The molecule has 1 fully saturated rings. The first-order valence-corrected chi connectivity index (χ1v) is 8.05. The van der Waals surface area contributed by atoms with Gasteiger partial charge < -0.3 is 4.18 Å². The van der Waals surface area contributed by atoms with Crippen LogP contribution in [0, 0.1) is 29.1 Å². The van der Waals surface area contributed by atoms with Gasteiger partial charge in [-0.1, -0.05) is 6.07 Å². The summed E-state index contributed by atoms with van der Waals surface area (Å²) in [6, 6.07) is 2.48. The van der Waals surface area contributed by atoms with Crippen LogP contribution in [0.4, 0.5) is 22.0 Å². The summed E-state index contributed by atoms with van der Waals surface area (Å²) in [4.78, 5) is 3.61. The predicted octanol–water partition coefficient (Wildman–Crippen LogP) is 3.42. The number of hydrogen-bond donors (Lipinski definition) is 0. The number of aromatic nitrogens is 1. The summed E-state index contributed by atoms with van der Waals surface area (Å²) in [5.41, 5.74) is 0.783. The molecule has 1 aromatic carbocycles. The second-order valence-electron chi connectivity index (χ2n) is 5.14. The molecule has 0 unspecified atom stereocenters. The molecule has 1 saturated carbocycles. The number of halogens is 5. The van der Waals surface area contributed by atoms with E-state index in [1.165, 1.54) is 12.3 Å². The smallest absolute Gasteiger partial charge is 0.357 e. The summed E-state index contributed by atoms with van der Waals surface area (Å²) >= 11 is 0. The van der Waals surface area contributed by atoms with Crippen LogP contribution in [-0.4, -0.2) is 13.4 Å². The summed E-state index contributed by atoms with van der Waals surface area (Å²) in [6.07, 6.45) is 3.14. The van der Waals surface area contributed by atoms with Gasteiger partial charge in [0.2, 0.25) is 34.8 Å². The molecule has 128 valence electrons. The Labute approximate surface area is 133 Å². The van der Waals surface area contributed by atoms with Crippen molar-refractivity contribution in [3.63, 3.8) is 0 Å². The average molecular weight is 365 g/mol. The van der Waals surface area contributed by atoms with Gasteiger partial charge in [-0.2, -0.15) is 17.2 Å². The maximum atomic E-state index is 13.5. The number of pyridine rings is 1. The highest BCUT2D eigenvalue weighted by atomic mass is 32.2. The molecule has 0 amide bonds. The molecule has 3 rings (SSSR count). The fourth-order valence-electron chi connectivity index (χ4n) is 2.01. The quantitative estimate of drug-likeness (QED) is 0.361. The molecule has 10 heteroatoms. The van der Waals surface area contributed by atoms with Gasteiger partial charge in [-0.3, -0.25) is 0 Å². The van der Waals surface area contributed by atoms with E-state index in [0.29, 0.717) is 0 Å². The molecule has 0 bridgehead atoms. The van der Waals surface area contributed by atoms with Crippen molar-refractivity contribution in [1.29, 1.82) is 0 Å². The Hall–Kier alpha value is -2.23. The molecule has 4 nitrogen and oxygen atoms in total. The molecule has 0 radical (unpaired) electrons. The second kappa shape index (κ2) is 5.69. The van der Waals surface area contributed by atoms with E-state index in [1.807, 2.05) is 0 Å². The molecule has 1 heterocycles. The van der Waals surface area contributed by atoms with Crippen LogP contribution in [0.2, 0.25) is 0 Å². The Morgan fingerprint density at radius 3 is 1.92 bits per heavy atom. The van der Waals surface area contributed by atoms with Gasteiger partial charge in [0.25, 0.3) is 0 Å². The van der Waals surface area contributed by atoms with Crippen LogP contribution in [0.3, 0.4) is 0 Å². The molecule has 1 aromatic heterocycles. The summed E-state index contributed by atoms with van der Waals surface area (Å²) in [5, 5.41) is -0.712. The number of rotatable bonds is 4. The fraction of sp³-hybridized carbons (Fsp3) is 0.214. The minimum Gasteiger partial charge on any atom is -0.371 e. The largest absolute Gasteiger partial charge is 0.371 e. The van der Waals surface area contributed by atoms with Crippen LogP contribution in [0.5, 0.6) is 5.75 Å². The Morgan fingerprint density at radius 1 is 0.917 bits per heavy atom. The van der Waals surface area contributed by atoms with Gasteiger partial charge >= 0.3 is 10.1 Å². The van der Waals surface area contributed by atoms with Gasteiger partial charge in [-0.15, -0.1) is 0 Å². The van der Waals surface area contributed by atoms with Gasteiger partial charge in [0.1, 0.15) is 0 Å². The highest BCUT2D eigenvalue weighted by Gasteiger charge is 2.32. The van der Waals surface area contributed by atoms with Gasteiger partial charge in [0.15, 0.2) is 5.03 Å². The van der Waals surface area contributed by atoms with Gasteiger partial charge in [-0.05, 0) is 30.4 Å². The molecule has 0 N–H and O–H groups in total. The molecule has 0 spiro atoms. The number of benzene rings is 1. The third kappa shape index (κ3) is 2.81. The van der Waals surface area contributed by atoms with Crippen molar-refractivity contribution in [2.45, 2.75) is 23.8 Å². The van der Waals surface area contributed by atoms with Crippen LogP contribution in [-0.2, 0) is 10.1 Å². The summed E-state index contributed by atoms with van der Waals surface area (Å²) in [5.74, 6) is -13.4. The van der Waals surface area contributed by atoms with Crippen molar-refractivity contribution >= 4 is 10.1 Å². The molecule has 0 atom stereocenters. The highest BCUT2D eigenvalue weighted by Crippen LogP contribution is 2.39. The van der Waals surface area contributed by atoms with E-state index in [4.69, 9.17) is 0 Å². The van der Waals surface area contributed by atoms with E-state index in [2.05, 4.69) is 9.17 Å². The normalized spacial score (nSPS) is 14.7. The third-order valence-corrected chi connectivity index (χ3v) is 4.57. The fourth-order valence-corrected chi connectivity index (χ4v) is 2.88. The van der Waals surface area contributed by atoms with E-state index < -0.39 is 50.0 Å². The van der Waals surface area contributed by atoms with Crippen LogP contribution in [0.15, 0.2) is 23.4 Å². The summed E-state index contributed by atoms with van der Waals surface area (Å²) < 4.78 is 94.1. The lowest BCUT2D eigenvalue weighted by molar-refractivity contribution is 0.346. The molecule has 0 saturated heterocycles. The number of nitrogens with zero attached hydrogens (tertiary/aromatic N) is 1. The lowest BCUT2D eigenvalue weighted by atomic mass is 10.2. The molecular formula is C14H8F5NO3S. The van der Waals surface area contributed by atoms with Gasteiger partial charge in [-0.25, -0.2) is 18.2 Å². The third-order valence-electron chi connectivity index (χ3n) is 3.43. The Balaban J connectivity index is 1.97.